The van der Waals surface area contributed by atoms with Gasteiger partial charge in [0.2, 0.25) is 5.91 Å². The molecule has 45 heavy (non-hydrogen) atoms. The number of nitrogens with one attached hydrogen (secondary N) is 1. The van der Waals surface area contributed by atoms with Gasteiger partial charge in [-0.25, -0.2) is 0 Å². The second-order valence-electron chi connectivity index (χ2n) is 14.0. The SMILES string of the molecule is CCCCCC/C=C\CCCCCCCCN(CCCCCCCC(CCCCC)CCCCCC)CCCNC(=O)COC. The summed E-state index contributed by atoms with van der Waals surface area (Å²) in [5.74, 6) is 0.982. The largest absolute Gasteiger partial charge is 0.375 e. The van der Waals surface area contributed by atoms with Gasteiger partial charge in [-0.15, -0.1) is 0 Å². The van der Waals surface area contributed by atoms with E-state index in [9.17, 15) is 4.79 Å². The molecule has 0 saturated carbocycles. The minimum atomic E-state index is 0.0000707. The predicted octanol–water partition coefficient (Wildman–Crippen LogP) is 12.2. The Kier molecular flexibility index (Phi) is 36.9. The zero-order valence-corrected chi connectivity index (χ0v) is 31.3. The second kappa shape index (κ2) is 37.6. The van der Waals surface area contributed by atoms with Crippen LogP contribution >= 0.6 is 0 Å². The summed E-state index contributed by atoms with van der Waals surface area (Å²) in [5.41, 5.74) is 0. The van der Waals surface area contributed by atoms with Crippen molar-refractivity contribution in [3.05, 3.63) is 12.2 Å². The maximum atomic E-state index is 11.7. The number of nitrogens with zero attached hydrogens (tertiary/aromatic N) is 1. The fourth-order valence-electron chi connectivity index (χ4n) is 6.55. The number of rotatable bonds is 37. The molecule has 0 radical (unpaired) electrons. The van der Waals surface area contributed by atoms with E-state index in [0.717, 1.165) is 25.4 Å². The molecule has 0 spiro atoms. The highest BCUT2D eigenvalue weighted by Gasteiger charge is 2.09. The fraction of sp³-hybridized carbons (Fsp3) is 0.927. The standard InChI is InChI=1S/C41H82N2O2/c1-5-8-11-13-14-15-16-17-18-19-20-21-24-29-36-43(38-31-35-42-41(44)39-45-4)37-30-25-22-23-28-34-40(32-26-10-7-3)33-27-12-9-6-2/h15-16,40H,5-14,17-39H2,1-4H3,(H,42,44)/b16-15-. The lowest BCUT2D eigenvalue weighted by Gasteiger charge is -2.22. The summed E-state index contributed by atoms with van der Waals surface area (Å²) in [6, 6.07) is 0. The summed E-state index contributed by atoms with van der Waals surface area (Å²) in [7, 11) is 1.58. The van der Waals surface area contributed by atoms with Gasteiger partial charge in [0.05, 0.1) is 0 Å². The Hall–Kier alpha value is -0.870. The molecule has 0 fully saturated rings. The van der Waals surface area contributed by atoms with Gasteiger partial charge >= 0.3 is 0 Å². The number of ether oxygens (including phenoxy) is 1. The predicted molar refractivity (Wildman–Crippen MR) is 200 cm³/mol. The number of methoxy groups -OCH3 is 1. The van der Waals surface area contributed by atoms with Gasteiger partial charge in [0.15, 0.2) is 0 Å². The first-order valence-corrected chi connectivity index (χ1v) is 20.3. The molecule has 0 rings (SSSR count). The van der Waals surface area contributed by atoms with E-state index < -0.39 is 0 Å². The summed E-state index contributed by atoms with van der Waals surface area (Å²) >= 11 is 0. The van der Waals surface area contributed by atoms with Crippen molar-refractivity contribution >= 4 is 5.91 Å². The van der Waals surface area contributed by atoms with E-state index in [-0.39, 0.29) is 12.5 Å². The van der Waals surface area contributed by atoms with E-state index in [1.165, 1.54) is 186 Å². The molecular formula is C41H82N2O2. The third kappa shape index (κ3) is 34.3. The fourth-order valence-corrected chi connectivity index (χ4v) is 6.55. The lowest BCUT2D eigenvalue weighted by atomic mass is 9.90. The van der Waals surface area contributed by atoms with E-state index in [1.807, 2.05) is 0 Å². The third-order valence-corrected chi connectivity index (χ3v) is 9.50. The third-order valence-electron chi connectivity index (χ3n) is 9.50. The van der Waals surface area contributed by atoms with Crippen LogP contribution < -0.4 is 5.32 Å². The number of carbonyl (C=O) groups is 1. The van der Waals surface area contributed by atoms with Gasteiger partial charge in [-0.1, -0.05) is 168 Å². The lowest BCUT2D eigenvalue weighted by Crippen LogP contribution is -2.32. The van der Waals surface area contributed by atoms with Crippen LogP contribution in [0.5, 0.6) is 0 Å². The number of unbranched alkanes of at least 4 members (excludes halogenated alkanes) is 19. The van der Waals surface area contributed by atoms with Gasteiger partial charge in [-0.3, -0.25) is 4.79 Å². The van der Waals surface area contributed by atoms with Crippen LogP contribution in [0.15, 0.2) is 12.2 Å². The molecule has 1 N–H and O–H groups in total. The normalized spacial score (nSPS) is 12.5. The highest BCUT2D eigenvalue weighted by molar-refractivity contribution is 5.77. The van der Waals surface area contributed by atoms with Crippen LogP contribution in [0.25, 0.3) is 0 Å². The number of amides is 1. The molecule has 1 unspecified atom stereocenters. The van der Waals surface area contributed by atoms with Crippen LogP contribution in [0.2, 0.25) is 0 Å². The highest BCUT2D eigenvalue weighted by Crippen LogP contribution is 2.24. The van der Waals surface area contributed by atoms with Gasteiger partial charge in [0.1, 0.15) is 6.61 Å². The quantitative estimate of drug-likeness (QED) is 0.0546. The number of hydrogen-bond donors (Lipinski definition) is 1. The Labute approximate surface area is 283 Å². The van der Waals surface area contributed by atoms with Gasteiger partial charge in [-0.2, -0.15) is 0 Å². The van der Waals surface area contributed by atoms with Crippen molar-refractivity contribution < 1.29 is 9.53 Å². The molecule has 0 saturated heterocycles. The van der Waals surface area contributed by atoms with Crippen LogP contribution in [0, 0.1) is 5.92 Å². The maximum absolute atomic E-state index is 11.7. The van der Waals surface area contributed by atoms with Gasteiger partial charge < -0.3 is 15.0 Å². The Bertz CT molecular complexity index is 608. The van der Waals surface area contributed by atoms with Crippen LogP contribution in [0.3, 0.4) is 0 Å². The van der Waals surface area contributed by atoms with Crippen LogP contribution in [0.1, 0.15) is 201 Å². The van der Waals surface area contributed by atoms with Crippen molar-refractivity contribution in [2.75, 3.05) is 39.9 Å². The molecular weight excluding hydrogens is 552 g/mol. The van der Waals surface area contributed by atoms with Gasteiger partial charge in [-0.05, 0) is 70.5 Å². The molecule has 1 atom stereocenters. The summed E-state index contributed by atoms with van der Waals surface area (Å²) < 4.78 is 4.94. The van der Waals surface area contributed by atoms with Crippen LogP contribution in [-0.4, -0.2) is 50.7 Å². The number of carbonyl (C=O) groups excluding carboxylic acids is 1. The summed E-state index contributed by atoms with van der Waals surface area (Å²) in [4.78, 5) is 14.4. The summed E-state index contributed by atoms with van der Waals surface area (Å²) in [6.07, 6.45) is 43.2. The van der Waals surface area contributed by atoms with Crippen molar-refractivity contribution in [3.63, 3.8) is 0 Å². The van der Waals surface area contributed by atoms with Crippen molar-refractivity contribution in [1.82, 2.24) is 10.2 Å². The molecule has 0 aliphatic heterocycles. The zero-order chi connectivity index (χ0) is 32.9. The van der Waals surface area contributed by atoms with Crippen molar-refractivity contribution in [3.8, 4) is 0 Å². The Morgan fingerprint density at radius 2 is 0.956 bits per heavy atom. The van der Waals surface area contributed by atoms with E-state index in [0.29, 0.717) is 0 Å². The molecule has 0 aliphatic rings. The average Bonchev–Trinajstić information content (AvgIpc) is 3.04. The highest BCUT2D eigenvalue weighted by atomic mass is 16.5. The van der Waals surface area contributed by atoms with Crippen molar-refractivity contribution in [1.29, 1.82) is 0 Å². The molecule has 4 heteroatoms. The van der Waals surface area contributed by atoms with Crippen molar-refractivity contribution in [2.24, 2.45) is 5.92 Å². The molecule has 0 aromatic heterocycles. The smallest absolute Gasteiger partial charge is 0.245 e. The monoisotopic (exact) mass is 635 g/mol. The molecule has 268 valence electrons. The first-order chi connectivity index (χ1) is 22.2. The first kappa shape index (κ1) is 44.1. The Morgan fingerprint density at radius 1 is 0.556 bits per heavy atom. The molecule has 0 aliphatic carbocycles. The molecule has 0 aromatic carbocycles. The molecule has 4 nitrogen and oxygen atoms in total. The summed E-state index contributed by atoms with van der Waals surface area (Å²) in [6.45, 7) is 11.4. The second-order valence-corrected chi connectivity index (χ2v) is 14.0. The van der Waals surface area contributed by atoms with Gasteiger partial charge in [0, 0.05) is 13.7 Å². The van der Waals surface area contributed by atoms with E-state index in [2.05, 4.69) is 43.1 Å². The van der Waals surface area contributed by atoms with Gasteiger partial charge in [0.25, 0.3) is 0 Å². The maximum Gasteiger partial charge on any atom is 0.245 e. The lowest BCUT2D eigenvalue weighted by molar-refractivity contribution is -0.124. The van der Waals surface area contributed by atoms with E-state index >= 15 is 0 Å². The van der Waals surface area contributed by atoms with E-state index in [1.54, 1.807) is 7.11 Å². The first-order valence-electron chi connectivity index (χ1n) is 20.3. The van der Waals surface area contributed by atoms with Crippen LogP contribution in [-0.2, 0) is 9.53 Å². The summed E-state index contributed by atoms with van der Waals surface area (Å²) in [5, 5.41) is 3.00. The Morgan fingerprint density at radius 3 is 1.49 bits per heavy atom. The van der Waals surface area contributed by atoms with E-state index in [4.69, 9.17) is 4.74 Å². The molecule has 0 aromatic rings. The molecule has 0 heterocycles. The number of hydrogen-bond acceptors (Lipinski definition) is 3. The minimum Gasteiger partial charge on any atom is -0.375 e. The Balaban J connectivity index is 4.17. The van der Waals surface area contributed by atoms with Crippen molar-refractivity contribution in [2.45, 2.75) is 201 Å². The number of allylic oxidation sites excluding steroid dienone is 2. The topological polar surface area (TPSA) is 41.6 Å². The zero-order valence-electron chi connectivity index (χ0n) is 31.3. The molecule has 0 bridgehead atoms. The molecule has 1 amide bonds. The average molecular weight is 635 g/mol. The van der Waals surface area contributed by atoms with Crippen LogP contribution in [0.4, 0.5) is 0 Å². The minimum absolute atomic E-state index is 0.0000707.